The highest BCUT2D eigenvalue weighted by Crippen LogP contribution is 2.33. The molecule has 136 heavy (non-hydrogen) atoms. The average molecular weight is 1930 g/mol. The number of thiophene rings is 1. The van der Waals surface area contributed by atoms with Gasteiger partial charge >= 0.3 is 11.9 Å². The highest BCUT2D eigenvalue weighted by atomic mass is 32.2. The summed E-state index contributed by atoms with van der Waals surface area (Å²) in [6, 6.07) is 0.696. The van der Waals surface area contributed by atoms with Crippen molar-refractivity contribution in [1.29, 1.82) is 0 Å². The Bertz CT molecular complexity index is 5480. The van der Waals surface area contributed by atoms with E-state index < -0.39 is 279 Å². The van der Waals surface area contributed by atoms with E-state index in [0.717, 1.165) is 40.7 Å². The highest BCUT2D eigenvalue weighted by Gasteiger charge is 2.47. The number of nitrogens with two attached hydrogens (primary N) is 2. The number of para-hydroxylation sites is 1. The molecule has 0 aliphatic carbocycles. The van der Waals surface area contributed by atoms with Crippen LogP contribution in [0.25, 0.3) is 21.0 Å². The highest BCUT2D eigenvalue weighted by molar-refractivity contribution is 8.00. The number of imidazole rings is 1. The zero-order valence-corrected chi connectivity index (χ0v) is 77.5. The van der Waals surface area contributed by atoms with E-state index in [2.05, 4.69) is 73.0 Å². The number of benzene rings is 3. The van der Waals surface area contributed by atoms with Gasteiger partial charge in [-0.05, 0) is 108 Å². The molecule has 0 saturated carbocycles. The molecule has 0 spiro atoms. The molecule has 44 nitrogen and oxygen atoms in total. The first-order valence-electron chi connectivity index (χ1n) is 45.0. The minimum atomic E-state index is -1.93. The average Bonchev–Trinajstić information content (AvgIpc) is 1.51. The van der Waals surface area contributed by atoms with Crippen LogP contribution in [0.4, 0.5) is 0 Å². The van der Waals surface area contributed by atoms with Crippen LogP contribution in [-0.2, 0) is 112 Å². The third-order valence-corrected chi connectivity index (χ3v) is 26.4. The second-order valence-corrected chi connectivity index (χ2v) is 36.2. The van der Waals surface area contributed by atoms with E-state index in [1.54, 1.807) is 61.0 Å². The van der Waals surface area contributed by atoms with Gasteiger partial charge < -0.3 is 109 Å². The number of primary amides is 2. The molecule has 0 unspecified atom stereocenters. The van der Waals surface area contributed by atoms with Crippen molar-refractivity contribution in [2.45, 2.75) is 228 Å². The van der Waals surface area contributed by atoms with Crippen LogP contribution < -0.4 is 54.0 Å². The zero-order valence-electron chi connectivity index (χ0n) is 75.9. The molecule has 2 fully saturated rings. The van der Waals surface area contributed by atoms with Crippen LogP contribution in [0.2, 0.25) is 0 Å². The van der Waals surface area contributed by atoms with Crippen molar-refractivity contribution in [3.8, 4) is 5.75 Å². The number of carbonyl (C=O) groups is 18. The van der Waals surface area contributed by atoms with Crippen LogP contribution in [0.15, 0.2) is 96.9 Å². The Morgan fingerprint density at radius 1 is 0.596 bits per heavy atom. The van der Waals surface area contributed by atoms with E-state index in [0.29, 0.717) is 52.2 Å². The van der Waals surface area contributed by atoms with Gasteiger partial charge in [-0.3, -0.25) is 86.3 Å². The molecule has 10 rings (SSSR count). The molecule has 46 heteroatoms. The number of H-pyrrole nitrogens is 2. The molecule has 19 N–H and O–H groups in total. The number of hydrogen-bond donors (Lipinski definition) is 17. The molecular formula is C90H117N21O23S2. The number of aromatic amines is 2. The number of hydrogen-bond acceptors (Lipinski definition) is 27. The number of aromatic hydroxyl groups is 1. The summed E-state index contributed by atoms with van der Waals surface area (Å²) >= 11 is 2.07. The summed E-state index contributed by atoms with van der Waals surface area (Å²) in [4.78, 5) is 275. The Morgan fingerprint density at radius 3 is 1.92 bits per heavy atom. The largest absolute Gasteiger partial charge is 0.508 e. The number of phenols is 1. The normalized spacial score (nSPS) is 24.5. The molecule has 7 heterocycles. The van der Waals surface area contributed by atoms with Crippen molar-refractivity contribution in [1.82, 2.24) is 97.3 Å². The number of Topliss-reactive ketones (excluding diaryl/α,β-unsaturated/α-hetero) is 2. The van der Waals surface area contributed by atoms with Crippen molar-refractivity contribution in [2.75, 3.05) is 51.8 Å². The summed E-state index contributed by atoms with van der Waals surface area (Å²) in [6.07, 6.45) is -2.06. The number of ketones is 2. The van der Waals surface area contributed by atoms with Crippen LogP contribution in [0, 0.1) is 11.8 Å². The fourth-order valence-corrected chi connectivity index (χ4v) is 18.8. The number of likely N-dealkylation sites (N-methyl/N-ethyl adjacent to an activating group) is 2. The number of aliphatic hydroxyl groups is 2. The van der Waals surface area contributed by atoms with Gasteiger partial charge in [0.15, 0.2) is 17.4 Å². The third kappa shape index (κ3) is 28.3. The molecule has 3 aromatic carbocycles. The number of nitrogens with one attached hydrogen (secondary N) is 10. The van der Waals surface area contributed by atoms with E-state index in [-0.39, 0.29) is 81.6 Å². The summed E-state index contributed by atoms with van der Waals surface area (Å²) in [5, 5.41) is 89.3. The molecule has 3 aliphatic heterocycles. The molecular weight excluding hydrogens is 1810 g/mol. The fraction of sp³-hybridized carbons (Fsp3) is 0.511. The number of thioether (sulfide) groups is 1. The van der Waals surface area contributed by atoms with Gasteiger partial charge in [0.1, 0.15) is 66.2 Å². The minimum absolute atomic E-state index is 0.00754. The molecule has 0 radical (unpaired) electrons. The second kappa shape index (κ2) is 49.6. The molecule has 3 aliphatic rings. The number of aliphatic carboxylic acids is 2. The van der Waals surface area contributed by atoms with E-state index in [1.807, 2.05) is 13.0 Å². The molecule has 14 amide bonds. The van der Waals surface area contributed by atoms with Gasteiger partial charge in [-0.25, -0.2) is 9.67 Å². The van der Waals surface area contributed by atoms with Crippen molar-refractivity contribution >= 4 is 150 Å². The van der Waals surface area contributed by atoms with Crippen molar-refractivity contribution in [3.63, 3.8) is 0 Å². The molecule has 15 atom stereocenters. The van der Waals surface area contributed by atoms with Crippen LogP contribution in [0.5, 0.6) is 5.75 Å². The first-order valence-corrected chi connectivity index (χ1v) is 47.0. The maximum Gasteiger partial charge on any atom is 0.304 e. The summed E-state index contributed by atoms with van der Waals surface area (Å²) in [6.45, 7) is 2.36. The van der Waals surface area contributed by atoms with Gasteiger partial charge in [-0.2, -0.15) is 0 Å². The molecule has 2 saturated heterocycles. The Morgan fingerprint density at radius 2 is 1.24 bits per heavy atom. The number of rotatable bonds is 26. The fourth-order valence-electron chi connectivity index (χ4n) is 17.0. The van der Waals surface area contributed by atoms with Crippen LogP contribution in [0.3, 0.4) is 0 Å². The number of carbonyl (C=O) groups excluding carboxylic acids is 16. The van der Waals surface area contributed by atoms with E-state index in [9.17, 15) is 63.9 Å². The number of nitrogens with zero attached hydrogens (tertiary/aromatic N) is 9. The lowest BCUT2D eigenvalue weighted by Crippen LogP contribution is -2.61. The van der Waals surface area contributed by atoms with Crippen LogP contribution >= 0.6 is 23.1 Å². The summed E-state index contributed by atoms with van der Waals surface area (Å²) in [5.74, 6) is -22.8. The van der Waals surface area contributed by atoms with Gasteiger partial charge in [0.05, 0.1) is 67.4 Å². The number of aliphatic hydroxyl groups excluding tert-OH is 2. The van der Waals surface area contributed by atoms with E-state index in [1.165, 1.54) is 69.1 Å². The first kappa shape index (κ1) is 104. The maximum absolute atomic E-state index is 15.7. The molecule has 732 valence electrons. The number of amides is 14. The van der Waals surface area contributed by atoms with Gasteiger partial charge in [0.25, 0.3) is 0 Å². The Kier molecular flexibility index (Phi) is 38.1. The van der Waals surface area contributed by atoms with E-state index in [4.69, 9.17) is 11.5 Å². The van der Waals surface area contributed by atoms with E-state index >= 15 is 47.9 Å². The Balaban J connectivity index is 1.03. The quantitative estimate of drug-likeness (QED) is 0.0324. The first-order chi connectivity index (χ1) is 64.9. The lowest BCUT2D eigenvalue weighted by molar-refractivity contribution is -0.149. The lowest BCUT2D eigenvalue weighted by atomic mass is 9.91. The maximum atomic E-state index is 15.7. The molecule has 4 aromatic heterocycles. The predicted octanol–water partition coefficient (Wildman–Crippen LogP) is -0.521. The number of fused-ring (bicyclic) bond motifs is 5. The molecule has 7 aromatic rings. The number of tetrazole rings is 1. The van der Waals surface area contributed by atoms with Crippen molar-refractivity contribution < 1.29 is 112 Å². The second-order valence-electron chi connectivity index (χ2n) is 34.3. The number of aromatic nitrogens is 7. The van der Waals surface area contributed by atoms with Gasteiger partial charge in [0, 0.05) is 119 Å². The summed E-state index contributed by atoms with van der Waals surface area (Å²) in [5.41, 5.74) is 13.4. The van der Waals surface area contributed by atoms with Gasteiger partial charge in [-0.15, -0.1) is 28.2 Å². The SMILES string of the molecule is CCCC[C@H]1C(=O)N(C)[C@@H](CCCC)C(=O)N[C@@H](CCC(=O)O)C(=O)N[C@H](C(=O)NCC(N)=O)CSCC(=O)N[C@@H](Cc2ccc(O)cc2)c2nnnn2[C@@H](C)C(=O)C[C@@H](CC(=O)O)C(=O)N2CCC[C@H]2C(=O)C[C@@H](Cc2c[nH]cn2)C(=O)N[C@@H](CCC(N)=O)C(=O)N2C[C@H](O)C[C@H]2C(=O)N[C@@H](Cc2c[nH]c3ccccc23)C(=O)N[C@@H](CO)C(=O)N[C@@H](Cc2csc3ccccc23)C(=O)N1C. The van der Waals surface area contributed by atoms with Crippen LogP contribution in [-0.4, -0.2) is 305 Å². The Labute approximate surface area is 789 Å². The minimum Gasteiger partial charge on any atom is -0.508 e. The smallest absolute Gasteiger partial charge is 0.304 e. The third-order valence-electron chi connectivity index (χ3n) is 24.4. The molecule has 0 bridgehead atoms. The summed E-state index contributed by atoms with van der Waals surface area (Å²) in [7, 11) is 2.60. The lowest BCUT2D eigenvalue weighted by Gasteiger charge is -2.36. The van der Waals surface area contributed by atoms with Crippen LogP contribution in [0.1, 0.15) is 164 Å². The standard InChI is InChI=1S/C90H117N21O23S2/c1-6-8-18-68-85(129)98-60(27-29-77(120)121)82(126)103-66(81(125)95-41-75(92)118)45-135-46-76(119)97-62(31-49-22-24-55(113)25-23-49)79-104-105-106-111(79)48(3)71(115)36-51(37-78(122)123)87(131)109-30-14-20-67(109)72(116)35-50(32-54-40-93-47-96-54)80(124)99-61(26-28-74(91)117)89(133)110-42-56(114)38-70(110)86(130)100-63(33-52-39-94-59-17-12-10-15-57(52)59)83(127)102-65(43-112)84(128)101-64(34-53-44-136-73-21-13-11-16-58(53)73)88(132)108(5)69(19-9-7-2)90(134)107(68)4/h10-13,15-17,21-25,39-40,44,47-48,50-51,56,60-70,94,112-114H,6-9,14,18-20,26-38,41-43,45-46H2,1-5H3,(H2,91,117)(H2,92,118)(H,93,96)(H,95,125)(H,97,119)(H,98,129)(H,99,124)(H,100,130)(H,101,128)(H,102,127)(H,103,126)(H,120,121)(H,122,123)/t48-,50+,51-,56+,60-,61-,62-,63-,64-,65-,66-,67-,68-,69-,70-/m0/s1. The van der Waals surface area contributed by atoms with Gasteiger partial charge in [-0.1, -0.05) is 88.1 Å². The monoisotopic (exact) mass is 1920 g/mol. The summed E-state index contributed by atoms with van der Waals surface area (Å²) < 4.78 is 1.82. The number of phenolic OH excluding ortho intramolecular Hbond substituents is 1. The number of carboxylic acids is 2. The number of carboxylic acid groups (broad SMARTS) is 2. The predicted molar refractivity (Wildman–Crippen MR) is 490 cm³/mol. The zero-order chi connectivity index (χ0) is 98.7. The Hall–Kier alpha value is -13.6. The number of unbranched alkanes of at least 4 members (excludes halogenated alkanes) is 2. The van der Waals surface area contributed by atoms with Gasteiger partial charge in [0.2, 0.25) is 82.7 Å². The van der Waals surface area contributed by atoms with Crippen molar-refractivity contribution in [3.05, 3.63) is 125 Å². The van der Waals surface area contributed by atoms with Crippen molar-refractivity contribution in [2.24, 2.45) is 23.3 Å². The topological polar surface area (TPSA) is 658 Å².